The average Bonchev–Trinajstić information content (AvgIpc) is 3.25. The topological polar surface area (TPSA) is 120 Å². The first-order valence-electron chi connectivity index (χ1n) is 14.3. The largest absolute Gasteiger partial charge is 0.493 e. The van der Waals surface area contributed by atoms with Crippen molar-refractivity contribution < 1.29 is 23.8 Å². The molecule has 1 unspecified atom stereocenters. The minimum absolute atomic E-state index is 0.0814. The van der Waals surface area contributed by atoms with E-state index in [0.717, 1.165) is 26.5 Å². The van der Waals surface area contributed by atoms with Gasteiger partial charge in [0.1, 0.15) is 0 Å². The maximum atomic E-state index is 13.5. The molecule has 10 nitrogen and oxygen atoms in total. The third kappa shape index (κ3) is 6.37. The number of carbonyl (C=O) groups is 2. The summed E-state index contributed by atoms with van der Waals surface area (Å²) < 4.78 is 20.1. The minimum atomic E-state index is -0.418. The molecule has 11 heteroatoms. The Morgan fingerprint density at radius 3 is 2.52 bits per heavy atom. The van der Waals surface area contributed by atoms with Crippen LogP contribution >= 0.6 is 15.9 Å². The number of fused-ring (bicyclic) bond motifs is 4. The molecule has 1 aliphatic carbocycles. The Kier molecular flexibility index (Phi) is 9.43. The number of ether oxygens (including phenoxy) is 3. The van der Waals surface area contributed by atoms with E-state index in [4.69, 9.17) is 14.2 Å². The van der Waals surface area contributed by atoms with Crippen LogP contribution in [-0.2, 0) is 22.6 Å². The summed E-state index contributed by atoms with van der Waals surface area (Å²) in [5.74, 6) is 0.987. The van der Waals surface area contributed by atoms with Gasteiger partial charge in [-0.3, -0.25) is 14.4 Å². The quantitative estimate of drug-likeness (QED) is 0.223. The van der Waals surface area contributed by atoms with Gasteiger partial charge in [0.05, 0.1) is 39.6 Å². The van der Waals surface area contributed by atoms with E-state index in [1.807, 2.05) is 42.6 Å². The van der Waals surface area contributed by atoms with Crippen molar-refractivity contribution in [2.75, 3.05) is 39.7 Å². The lowest BCUT2D eigenvalue weighted by molar-refractivity contribution is -0.120. The smallest absolute Gasteiger partial charge is 0.239 e. The van der Waals surface area contributed by atoms with E-state index in [-0.39, 0.29) is 29.5 Å². The number of amides is 2. The molecular weight excluding hydrogens is 628 g/mol. The molecule has 4 aromatic rings. The van der Waals surface area contributed by atoms with Crippen LogP contribution in [0.25, 0.3) is 22.0 Å². The number of methoxy groups -OCH3 is 3. The minimum Gasteiger partial charge on any atom is -0.493 e. The number of benzene rings is 2. The number of aromatic nitrogens is 1. The lowest BCUT2D eigenvalue weighted by Gasteiger charge is -2.19. The fourth-order valence-corrected chi connectivity index (χ4v) is 6.11. The number of rotatable bonds is 10. The number of aryl methyl sites for hydroxylation is 1. The Morgan fingerprint density at radius 1 is 1.00 bits per heavy atom. The molecule has 1 aromatic heterocycles. The molecule has 44 heavy (non-hydrogen) atoms. The Labute approximate surface area is 263 Å². The number of nitrogens with zero attached hydrogens (tertiary/aromatic N) is 1. The molecule has 1 heterocycles. The van der Waals surface area contributed by atoms with Crippen molar-refractivity contribution in [3.63, 3.8) is 0 Å². The van der Waals surface area contributed by atoms with Crippen LogP contribution in [0, 0.1) is 0 Å². The zero-order valence-electron chi connectivity index (χ0n) is 25.1. The molecule has 5 rings (SSSR count). The SMILES string of the molecule is COc1cc2c(c(OC)c1OC)-c1ccc(NCC(=O)NCCn3ccc4ccc(Br)cc43)c(=O)cc1C(NC(C)=O)CC2. The number of nitrogens with one attached hydrogen (secondary N) is 3. The molecular formula is C33H35BrN4O6. The van der Waals surface area contributed by atoms with E-state index < -0.39 is 6.04 Å². The zero-order valence-corrected chi connectivity index (χ0v) is 26.7. The second-order valence-corrected chi connectivity index (χ2v) is 11.4. The van der Waals surface area contributed by atoms with E-state index in [2.05, 4.69) is 36.4 Å². The molecule has 0 fully saturated rings. The first-order valence-corrected chi connectivity index (χ1v) is 15.1. The van der Waals surface area contributed by atoms with E-state index in [1.165, 1.54) is 20.1 Å². The number of carbonyl (C=O) groups excluding carboxylic acids is 2. The lowest BCUT2D eigenvalue weighted by atomic mass is 9.95. The molecule has 0 saturated carbocycles. The molecule has 3 aromatic carbocycles. The highest BCUT2D eigenvalue weighted by Crippen LogP contribution is 2.50. The highest BCUT2D eigenvalue weighted by molar-refractivity contribution is 9.10. The van der Waals surface area contributed by atoms with E-state index >= 15 is 0 Å². The predicted molar refractivity (Wildman–Crippen MR) is 174 cm³/mol. The van der Waals surface area contributed by atoms with Gasteiger partial charge in [-0.2, -0.15) is 0 Å². The summed E-state index contributed by atoms with van der Waals surface area (Å²) >= 11 is 3.51. The Morgan fingerprint density at radius 2 is 1.80 bits per heavy atom. The summed E-state index contributed by atoms with van der Waals surface area (Å²) in [7, 11) is 4.66. The number of halogens is 1. The van der Waals surface area contributed by atoms with Crippen molar-refractivity contribution in [1.82, 2.24) is 15.2 Å². The van der Waals surface area contributed by atoms with Gasteiger partial charge >= 0.3 is 0 Å². The molecule has 0 bridgehead atoms. The number of hydrogen-bond acceptors (Lipinski definition) is 7. The van der Waals surface area contributed by atoms with Crippen LogP contribution in [0.2, 0.25) is 0 Å². The Bertz CT molecular complexity index is 1790. The number of hydrogen-bond donors (Lipinski definition) is 3. The highest BCUT2D eigenvalue weighted by atomic mass is 79.9. The summed E-state index contributed by atoms with van der Waals surface area (Å²) in [6.45, 7) is 2.40. The van der Waals surface area contributed by atoms with Crippen LogP contribution in [-0.4, -0.2) is 50.8 Å². The molecule has 0 saturated heterocycles. The third-order valence-electron chi connectivity index (χ3n) is 7.77. The molecule has 1 aliphatic rings. The predicted octanol–water partition coefficient (Wildman–Crippen LogP) is 4.81. The van der Waals surface area contributed by atoms with E-state index in [0.29, 0.717) is 54.3 Å². The summed E-state index contributed by atoms with van der Waals surface area (Å²) in [6.07, 6.45) is 3.15. The van der Waals surface area contributed by atoms with Gasteiger partial charge in [-0.1, -0.05) is 28.1 Å². The second kappa shape index (κ2) is 13.4. The lowest BCUT2D eigenvalue weighted by Crippen LogP contribution is -2.33. The number of anilines is 1. The van der Waals surface area contributed by atoms with Crippen LogP contribution in [0.1, 0.15) is 30.5 Å². The third-order valence-corrected chi connectivity index (χ3v) is 8.26. The van der Waals surface area contributed by atoms with Gasteiger partial charge in [-0.15, -0.1) is 0 Å². The van der Waals surface area contributed by atoms with E-state index in [1.54, 1.807) is 20.3 Å². The standard InChI is InChI=1S/C33H35BrN4O6/c1-19(39)37-25-9-6-21-15-29(42-2)32(43-3)33(44-4)31(21)23-8-10-26(28(40)17-24(23)25)36-18-30(41)35-12-14-38-13-11-20-5-7-22(34)16-27(20)38/h5,7-8,10-11,13,15-17,25H,6,9,12,14,18H2,1-4H3,(H,35,41)(H,36,40)(H,37,39). The second-order valence-electron chi connectivity index (χ2n) is 10.5. The van der Waals surface area contributed by atoms with Crippen molar-refractivity contribution in [2.45, 2.75) is 32.4 Å². The fourth-order valence-electron chi connectivity index (χ4n) is 5.76. The highest BCUT2D eigenvalue weighted by Gasteiger charge is 2.29. The molecule has 1 atom stereocenters. The van der Waals surface area contributed by atoms with Gasteiger partial charge in [0.2, 0.25) is 23.0 Å². The summed E-state index contributed by atoms with van der Waals surface area (Å²) in [5, 5.41) is 10.0. The fraction of sp³-hybridized carbons (Fsp3) is 0.303. The molecule has 0 aliphatic heterocycles. The zero-order chi connectivity index (χ0) is 31.4. The summed E-state index contributed by atoms with van der Waals surface area (Å²) in [4.78, 5) is 38.4. The van der Waals surface area contributed by atoms with Gasteiger partial charge in [-0.05, 0) is 71.3 Å². The normalized spacial score (nSPS) is 13.7. The van der Waals surface area contributed by atoms with Gasteiger partial charge in [0.15, 0.2) is 11.5 Å². The van der Waals surface area contributed by atoms with E-state index in [9.17, 15) is 14.4 Å². The maximum Gasteiger partial charge on any atom is 0.239 e. The molecule has 3 N–H and O–H groups in total. The summed E-state index contributed by atoms with van der Waals surface area (Å²) in [6, 6.07) is 14.6. The first-order chi connectivity index (χ1) is 21.2. The monoisotopic (exact) mass is 662 g/mol. The molecule has 0 radical (unpaired) electrons. The van der Waals surface area contributed by atoms with Crippen LogP contribution < -0.4 is 35.6 Å². The van der Waals surface area contributed by atoms with Crippen molar-refractivity contribution in [1.29, 1.82) is 0 Å². The Hall–Kier alpha value is -4.51. The first kappa shape index (κ1) is 30.9. The van der Waals surface area contributed by atoms with Crippen molar-refractivity contribution in [2.24, 2.45) is 0 Å². The van der Waals surface area contributed by atoms with Gasteiger partial charge in [0.25, 0.3) is 0 Å². The molecule has 230 valence electrons. The van der Waals surface area contributed by atoms with Crippen LogP contribution in [0.3, 0.4) is 0 Å². The van der Waals surface area contributed by atoms with Gasteiger partial charge in [-0.25, -0.2) is 0 Å². The van der Waals surface area contributed by atoms with Gasteiger partial charge < -0.3 is 34.7 Å². The van der Waals surface area contributed by atoms with Crippen LogP contribution in [0.4, 0.5) is 5.69 Å². The Balaban J connectivity index is 1.40. The molecule has 2 amide bonds. The van der Waals surface area contributed by atoms with Gasteiger partial charge in [0, 0.05) is 41.8 Å². The van der Waals surface area contributed by atoms with Crippen LogP contribution in [0.5, 0.6) is 17.2 Å². The van der Waals surface area contributed by atoms with Crippen molar-refractivity contribution in [3.8, 4) is 28.4 Å². The molecule has 0 spiro atoms. The summed E-state index contributed by atoms with van der Waals surface area (Å²) in [5.41, 5.74) is 4.09. The van der Waals surface area contributed by atoms with Crippen molar-refractivity contribution in [3.05, 3.63) is 80.6 Å². The van der Waals surface area contributed by atoms with Crippen LogP contribution in [0.15, 0.2) is 64.0 Å². The maximum absolute atomic E-state index is 13.5. The van der Waals surface area contributed by atoms with Crippen molar-refractivity contribution >= 4 is 44.3 Å². The average molecular weight is 664 g/mol.